The van der Waals surface area contributed by atoms with Crippen molar-refractivity contribution in [2.45, 2.75) is 0 Å². The highest BCUT2D eigenvalue weighted by Gasteiger charge is 2.31. The van der Waals surface area contributed by atoms with Crippen LogP contribution < -0.4 is 9.88 Å². The number of hydrogen-bond acceptors (Lipinski definition) is 6. The van der Waals surface area contributed by atoms with Crippen LogP contribution in [0.2, 0.25) is 0 Å². The van der Waals surface area contributed by atoms with Gasteiger partial charge in [0, 0.05) is 20.2 Å². The van der Waals surface area contributed by atoms with Crippen LogP contribution in [0, 0.1) is 0 Å². The molecule has 0 spiro atoms. The minimum absolute atomic E-state index is 0.600. The van der Waals surface area contributed by atoms with Crippen LogP contribution in [-0.4, -0.2) is 44.3 Å². The Morgan fingerprint density at radius 1 is 0.607 bits per heavy atom. The maximum Gasteiger partial charge on any atom is 0.340 e. The molecule has 0 aliphatic rings. The summed E-state index contributed by atoms with van der Waals surface area (Å²) < 4.78 is 26.3. The van der Waals surface area contributed by atoms with Gasteiger partial charge in [-0.15, -0.1) is 0 Å². The van der Waals surface area contributed by atoms with E-state index in [9.17, 15) is 38.4 Å². The molecule has 2 aromatic rings. The number of carbonyl (C=O) groups is 4. The Morgan fingerprint density at radius 3 is 1.14 bits per heavy atom. The zero-order valence-corrected chi connectivity index (χ0v) is 13.3. The van der Waals surface area contributed by atoms with Gasteiger partial charge in [0.1, 0.15) is 11.1 Å². The normalized spacial score (nSPS) is 10.2. The van der Waals surface area contributed by atoms with Gasteiger partial charge in [-0.25, -0.2) is 19.2 Å². The fourth-order valence-electron chi connectivity index (χ4n) is 2.53. The molecule has 12 heteroatoms. The maximum absolute atomic E-state index is 13.1. The van der Waals surface area contributed by atoms with E-state index in [-0.39, 0.29) is 0 Å². The average Bonchev–Trinajstić information content (AvgIpc) is 2.64. The van der Waals surface area contributed by atoms with E-state index >= 15 is 0 Å². The lowest BCUT2D eigenvalue weighted by atomic mass is 9.93. The molecule has 2 rings (SSSR count). The molecule has 0 saturated carbocycles. The zero-order chi connectivity index (χ0) is 21.2. The summed E-state index contributed by atoms with van der Waals surface area (Å²) in [6.45, 7) is 0. The van der Waals surface area contributed by atoms with Crippen molar-refractivity contribution < 1.29 is 58.5 Å². The Bertz CT molecular complexity index is 933. The van der Waals surface area contributed by atoms with Crippen LogP contribution in [0.5, 0.6) is 11.5 Å². The van der Waals surface area contributed by atoms with E-state index < -0.39 is 68.8 Å². The first kappa shape index (κ1) is 20.1. The fraction of sp³-hybridized carbons (Fsp3) is 0. The van der Waals surface area contributed by atoms with Crippen molar-refractivity contribution in [2.24, 2.45) is 0 Å². The van der Waals surface area contributed by atoms with Gasteiger partial charge in [-0.05, 0) is 24.3 Å². The molecule has 146 valence electrons. The van der Waals surface area contributed by atoms with Crippen molar-refractivity contribution in [1.82, 2.24) is 0 Å². The molecule has 0 unspecified atom stereocenters. The summed E-state index contributed by atoms with van der Waals surface area (Å²) in [5.41, 5.74) is -5.22. The lowest BCUT2D eigenvalue weighted by Gasteiger charge is -2.14. The Labute approximate surface area is 152 Å². The number of carboxylic acid groups (broad SMARTS) is 4. The third-order valence-corrected chi connectivity index (χ3v) is 3.65. The van der Waals surface area contributed by atoms with Crippen molar-refractivity contribution >= 4 is 23.9 Å². The molecule has 4 N–H and O–H groups in total. The molecule has 2 aromatic carbocycles. The van der Waals surface area contributed by atoms with E-state index in [0.29, 0.717) is 0 Å². The second-order valence-corrected chi connectivity index (χ2v) is 5.10. The topological polar surface area (TPSA) is 168 Å². The number of rotatable bonds is 7. The molecular weight excluding hydrogens is 390 g/mol. The molecule has 0 aliphatic heterocycles. The second kappa shape index (κ2) is 7.57. The summed E-state index contributed by atoms with van der Waals surface area (Å²) in [7, 11) is 0. The Balaban J connectivity index is 2.96. The van der Waals surface area contributed by atoms with Crippen LogP contribution >= 0.6 is 0 Å². The van der Waals surface area contributed by atoms with E-state index in [1.54, 1.807) is 0 Å². The maximum atomic E-state index is 13.1. The van der Waals surface area contributed by atoms with E-state index in [1.807, 2.05) is 0 Å². The Kier molecular flexibility index (Phi) is 5.43. The van der Waals surface area contributed by atoms with Crippen LogP contribution in [0.3, 0.4) is 0 Å². The smallest absolute Gasteiger partial charge is 0.340 e. The minimum atomic E-state index is -1.91. The van der Waals surface area contributed by atoms with Crippen molar-refractivity contribution in [2.75, 3.05) is 0 Å². The molecule has 0 fully saturated rings. The molecule has 0 aromatic heterocycles. The van der Waals surface area contributed by atoms with Crippen molar-refractivity contribution in [1.29, 1.82) is 0 Å². The monoisotopic (exact) mass is 398 g/mol. The lowest BCUT2D eigenvalue weighted by molar-refractivity contribution is -0.00956. The van der Waals surface area contributed by atoms with Crippen LogP contribution in [0.4, 0.5) is 9.05 Å². The number of halogens is 2. The van der Waals surface area contributed by atoms with Crippen LogP contribution in [0.25, 0.3) is 11.1 Å². The van der Waals surface area contributed by atoms with E-state index in [0.717, 1.165) is 24.3 Å². The molecule has 0 amide bonds. The highest BCUT2D eigenvalue weighted by molar-refractivity contribution is 6.08. The number of aromatic carboxylic acids is 4. The van der Waals surface area contributed by atoms with Gasteiger partial charge in [-0.3, -0.25) is 9.88 Å². The predicted octanol–water partition coefficient (Wildman–Crippen LogP) is 2.67. The molecule has 0 radical (unpaired) electrons. The van der Waals surface area contributed by atoms with Gasteiger partial charge in [0.2, 0.25) is 0 Å². The van der Waals surface area contributed by atoms with Gasteiger partial charge in [0.15, 0.2) is 11.5 Å². The summed E-state index contributed by atoms with van der Waals surface area (Å²) in [5.74, 6) is -9.64. The van der Waals surface area contributed by atoms with E-state index in [2.05, 4.69) is 9.88 Å². The second-order valence-electron chi connectivity index (χ2n) is 5.10. The third kappa shape index (κ3) is 3.25. The van der Waals surface area contributed by atoms with Gasteiger partial charge in [-0.2, -0.15) is 0 Å². The third-order valence-electron chi connectivity index (χ3n) is 3.65. The highest BCUT2D eigenvalue weighted by Crippen LogP contribution is 2.42. The van der Waals surface area contributed by atoms with Crippen molar-refractivity contribution in [3.63, 3.8) is 0 Å². The van der Waals surface area contributed by atoms with E-state index in [1.165, 1.54) is 0 Å². The highest BCUT2D eigenvalue weighted by atomic mass is 19.3. The first-order valence-corrected chi connectivity index (χ1v) is 7.00. The Morgan fingerprint density at radius 2 is 0.929 bits per heavy atom. The molecule has 28 heavy (non-hydrogen) atoms. The molecule has 0 bridgehead atoms. The summed E-state index contributed by atoms with van der Waals surface area (Å²) in [6.07, 6.45) is 0. The van der Waals surface area contributed by atoms with Crippen LogP contribution in [0.15, 0.2) is 24.3 Å². The quantitative estimate of drug-likeness (QED) is 0.544. The molecule has 0 saturated heterocycles. The summed E-state index contributed by atoms with van der Waals surface area (Å²) in [6, 6.07) is 3.10. The van der Waals surface area contributed by atoms with Gasteiger partial charge in [0.05, 0.1) is 11.1 Å². The van der Waals surface area contributed by atoms with Gasteiger partial charge in [0.25, 0.3) is 0 Å². The summed E-state index contributed by atoms with van der Waals surface area (Å²) >= 11 is 0. The SMILES string of the molecule is O=C(O)c1ccc(-c2ccc(C(=O)O)c(C(=O)O)c2OF)c(OF)c1C(=O)O. The summed E-state index contributed by atoms with van der Waals surface area (Å²) in [5, 5.41) is 36.5. The lowest BCUT2D eigenvalue weighted by Crippen LogP contribution is -2.12. The van der Waals surface area contributed by atoms with Crippen LogP contribution in [0.1, 0.15) is 41.4 Å². The number of hydrogen-bond donors (Lipinski definition) is 4. The standard InChI is InChI=1S/C16H8F2O10/c17-27-11-5(1-3-7(13(19)20)9(11)15(23)24)6-2-4-8(14(21)22)10(16(25)26)12(6)28-18/h1-4H,(H,19,20)(H,21,22)(H,23,24)(H,25,26). The average molecular weight is 398 g/mol. The van der Waals surface area contributed by atoms with Crippen molar-refractivity contribution in [3.05, 3.63) is 46.5 Å². The first-order valence-electron chi connectivity index (χ1n) is 7.00. The molecule has 0 heterocycles. The predicted molar refractivity (Wildman–Crippen MR) is 83.2 cm³/mol. The molecule has 0 atom stereocenters. The van der Waals surface area contributed by atoms with Crippen molar-refractivity contribution in [3.8, 4) is 22.6 Å². The first-order chi connectivity index (χ1) is 13.1. The van der Waals surface area contributed by atoms with Crippen LogP contribution in [-0.2, 0) is 0 Å². The minimum Gasteiger partial charge on any atom is -0.478 e. The van der Waals surface area contributed by atoms with Gasteiger partial charge in [-0.1, -0.05) is 0 Å². The number of carboxylic acids is 4. The summed E-state index contributed by atoms with van der Waals surface area (Å²) in [4.78, 5) is 52.0. The zero-order valence-electron chi connectivity index (χ0n) is 13.3. The fourth-order valence-corrected chi connectivity index (χ4v) is 2.53. The van der Waals surface area contributed by atoms with E-state index in [4.69, 9.17) is 10.2 Å². The molecular formula is C16H8F2O10. The Hall–Kier alpha value is -4.22. The molecule has 10 nitrogen and oxygen atoms in total. The van der Waals surface area contributed by atoms with Gasteiger partial charge >= 0.3 is 23.9 Å². The molecule has 0 aliphatic carbocycles. The largest absolute Gasteiger partial charge is 0.478 e. The van der Waals surface area contributed by atoms with Gasteiger partial charge < -0.3 is 20.4 Å². The number of benzene rings is 2.